The Morgan fingerprint density at radius 1 is 1.56 bits per heavy atom. The highest BCUT2D eigenvalue weighted by atomic mass is 35.5. The first kappa shape index (κ1) is 14.9. The molecule has 0 aliphatic heterocycles. The number of thiocarbonyl (C=S) groups is 1. The second-order valence-electron chi connectivity index (χ2n) is 4.17. The number of aromatic nitrogens is 1. The molecule has 0 aromatic carbocycles. The summed E-state index contributed by atoms with van der Waals surface area (Å²) in [5, 5.41) is 0.505. The van der Waals surface area contributed by atoms with Crippen molar-refractivity contribution in [2.75, 3.05) is 6.54 Å². The number of amides is 1. The summed E-state index contributed by atoms with van der Waals surface area (Å²) in [6.45, 7) is 4.37. The maximum Gasteiger partial charge on any atom is 0.272 e. The van der Waals surface area contributed by atoms with Crippen LogP contribution in [0.3, 0.4) is 0 Å². The number of carbonyl (C=O) groups excluding carboxylic acids is 1. The van der Waals surface area contributed by atoms with Crippen molar-refractivity contribution in [1.29, 1.82) is 0 Å². The van der Waals surface area contributed by atoms with E-state index >= 15 is 0 Å². The maximum absolute atomic E-state index is 12.2. The fourth-order valence-corrected chi connectivity index (χ4v) is 1.68. The first-order valence-corrected chi connectivity index (χ1v) is 6.41. The normalized spacial score (nSPS) is 10.4. The number of nitrogens with two attached hydrogens (primary N) is 1. The number of carbonyl (C=O) groups is 1. The number of nitrogens with zero attached hydrogens (tertiary/aromatic N) is 2. The van der Waals surface area contributed by atoms with Crippen molar-refractivity contribution in [2.24, 2.45) is 5.73 Å². The van der Waals surface area contributed by atoms with Gasteiger partial charge in [0.05, 0.1) is 10.0 Å². The van der Waals surface area contributed by atoms with Crippen LogP contribution in [0.15, 0.2) is 18.3 Å². The molecule has 0 aliphatic rings. The smallest absolute Gasteiger partial charge is 0.272 e. The van der Waals surface area contributed by atoms with Crippen molar-refractivity contribution in [3.8, 4) is 0 Å². The SMILES string of the molecule is CC(C)N(CCC(N)=S)C(=O)c1ccc(Cl)cn1. The van der Waals surface area contributed by atoms with Gasteiger partial charge in [0.15, 0.2) is 0 Å². The fourth-order valence-electron chi connectivity index (χ4n) is 1.47. The Morgan fingerprint density at radius 2 is 2.22 bits per heavy atom. The molecule has 0 aliphatic carbocycles. The minimum absolute atomic E-state index is 0.0596. The summed E-state index contributed by atoms with van der Waals surface area (Å²) in [4.78, 5) is 18.4. The molecule has 0 saturated carbocycles. The van der Waals surface area contributed by atoms with E-state index in [9.17, 15) is 4.79 Å². The monoisotopic (exact) mass is 285 g/mol. The van der Waals surface area contributed by atoms with Gasteiger partial charge in [0.2, 0.25) is 0 Å². The lowest BCUT2D eigenvalue weighted by Crippen LogP contribution is -2.39. The van der Waals surface area contributed by atoms with Crippen LogP contribution in [-0.2, 0) is 0 Å². The van der Waals surface area contributed by atoms with Gasteiger partial charge in [-0.25, -0.2) is 4.98 Å². The lowest BCUT2D eigenvalue weighted by atomic mass is 10.2. The van der Waals surface area contributed by atoms with Crippen molar-refractivity contribution in [3.63, 3.8) is 0 Å². The van der Waals surface area contributed by atoms with Gasteiger partial charge in [-0.3, -0.25) is 4.79 Å². The Kier molecular flexibility index (Phi) is 5.50. The van der Waals surface area contributed by atoms with Crippen LogP contribution in [0.4, 0.5) is 0 Å². The molecule has 0 spiro atoms. The first-order chi connectivity index (χ1) is 8.41. The first-order valence-electron chi connectivity index (χ1n) is 5.62. The van der Waals surface area contributed by atoms with Crippen LogP contribution in [0, 0.1) is 0 Å². The minimum Gasteiger partial charge on any atom is -0.393 e. The van der Waals surface area contributed by atoms with Crippen LogP contribution in [0.1, 0.15) is 30.8 Å². The highest BCUT2D eigenvalue weighted by Gasteiger charge is 2.19. The highest BCUT2D eigenvalue weighted by molar-refractivity contribution is 7.80. The van der Waals surface area contributed by atoms with Gasteiger partial charge in [-0.2, -0.15) is 0 Å². The molecule has 0 radical (unpaired) electrons. The Hall–Kier alpha value is -1.20. The molecule has 18 heavy (non-hydrogen) atoms. The largest absolute Gasteiger partial charge is 0.393 e. The third-order valence-electron chi connectivity index (χ3n) is 2.43. The Labute approximate surface area is 117 Å². The van der Waals surface area contributed by atoms with Crippen LogP contribution in [0.25, 0.3) is 0 Å². The number of halogens is 1. The Balaban J connectivity index is 2.82. The highest BCUT2D eigenvalue weighted by Crippen LogP contribution is 2.10. The van der Waals surface area contributed by atoms with Gasteiger partial charge >= 0.3 is 0 Å². The number of hydrogen-bond acceptors (Lipinski definition) is 3. The summed E-state index contributed by atoms with van der Waals surface area (Å²) in [6.07, 6.45) is 1.97. The molecule has 1 amide bonds. The van der Waals surface area contributed by atoms with E-state index in [4.69, 9.17) is 29.6 Å². The Morgan fingerprint density at radius 3 is 2.67 bits per heavy atom. The van der Waals surface area contributed by atoms with E-state index in [-0.39, 0.29) is 11.9 Å². The molecule has 0 bridgehead atoms. The summed E-state index contributed by atoms with van der Waals surface area (Å²) in [6, 6.07) is 3.32. The fraction of sp³-hybridized carbons (Fsp3) is 0.417. The topological polar surface area (TPSA) is 59.2 Å². The van der Waals surface area contributed by atoms with Crippen molar-refractivity contribution >= 4 is 34.7 Å². The number of hydrogen-bond donors (Lipinski definition) is 1. The lowest BCUT2D eigenvalue weighted by Gasteiger charge is -2.26. The summed E-state index contributed by atoms with van der Waals surface area (Å²) < 4.78 is 0. The van der Waals surface area contributed by atoms with E-state index in [0.29, 0.717) is 28.7 Å². The van der Waals surface area contributed by atoms with E-state index in [2.05, 4.69) is 4.98 Å². The quantitative estimate of drug-likeness (QED) is 0.843. The molecule has 1 rings (SSSR count). The average Bonchev–Trinajstić information content (AvgIpc) is 2.29. The molecule has 2 N–H and O–H groups in total. The van der Waals surface area contributed by atoms with Crippen LogP contribution in [0.5, 0.6) is 0 Å². The van der Waals surface area contributed by atoms with Gasteiger partial charge in [-0.15, -0.1) is 0 Å². The zero-order chi connectivity index (χ0) is 13.7. The second kappa shape index (κ2) is 6.66. The standard InChI is InChI=1S/C12H16ClN3OS/c1-8(2)16(6-5-11(14)18)12(17)10-4-3-9(13)7-15-10/h3-4,7-8H,5-6H2,1-2H3,(H2,14,18). The van der Waals surface area contributed by atoms with E-state index in [1.807, 2.05) is 13.8 Å². The summed E-state index contributed by atoms with van der Waals surface area (Å²) >= 11 is 10.6. The molecule has 1 aromatic heterocycles. The van der Waals surface area contributed by atoms with Gasteiger partial charge in [-0.1, -0.05) is 23.8 Å². The van der Waals surface area contributed by atoms with Crippen LogP contribution < -0.4 is 5.73 Å². The number of rotatable bonds is 5. The van der Waals surface area contributed by atoms with E-state index in [0.717, 1.165) is 0 Å². The van der Waals surface area contributed by atoms with Crippen molar-refractivity contribution < 1.29 is 4.79 Å². The predicted molar refractivity (Wildman–Crippen MR) is 76.8 cm³/mol. The Bertz CT molecular complexity index is 433. The molecular weight excluding hydrogens is 270 g/mol. The third-order valence-corrected chi connectivity index (χ3v) is 2.86. The maximum atomic E-state index is 12.2. The summed E-state index contributed by atoms with van der Waals surface area (Å²) in [7, 11) is 0. The summed E-state index contributed by atoms with van der Waals surface area (Å²) in [5.74, 6) is -0.141. The van der Waals surface area contributed by atoms with Gasteiger partial charge in [-0.05, 0) is 26.0 Å². The molecule has 0 atom stereocenters. The van der Waals surface area contributed by atoms with Crippen LogP contribution >= 0.6 is 23.8 Å². The van der Waals surface area contributed by atoms with E-state index in [1.165, 1.54) is 6.20 Å². The second-order valence-corrected chi connectivity index (χ2v) is 5.13. The van der Waals surface area contributed by atoms with Crippen molar-refractivity contribution in [3.05, 3.63) is 29.0 Å². The molecule has 98 valence electrons. The zero-order valence-electron chi connectivity index (χ0n) is 10.4. The van der Waals surface area contributed by atoms with Gasteiger partial charge in [0.1, 0.15) is 5.69 Å². The predicted octanol–water partition coefficient (Wildman–Crippen LogP) is 2.26. The third kappa shape index (κ3) is 4.23. The van der Waals surface area contributed by atoms with Crippen molar-refractivity contribution in [2.45, 2.75) is 26.3 Å². The molecule has 1 aromatic rings. The summed E-state index contributed by atoms with van der Waals surface area (Å²) in [5.41, 5.74) is 5.83. The van der Waals surface area contributed by atoms with Gasteiger partial charge < -0.3 is 10.6 Å². The molecule has 1 heterocycles. The number of pyridine rings is 1. The zero-order valence-corrected chi connectivity index (χ0v) is 12.0. The van der Waals surface area contributed by atoms with Gasteiger partial charge in [0.25, 0.3) is 5.91 Å². The molecule has 0 fully saturated rings. The van der Waals surface area contributed by atoms with E-state index < -0.39 is 0 Å². The van der Waals surface area contributed by atoms with E-state index in [1.54, 1.807) is 17.0 Å². The molecule has 6 heteroatoms. The molecule has 0 unspecified atom stereocenters. The molecule has 0 saturated heterocycles. The van der Waals surface area contributed by atoms with Crippen molar-refractivity contribution in [1.82, 2.24) is 9.88 Å². The minimum atomic E-state index is -0.141. The van der Waals surface area contributed by atoms with Crippen LogP contribution in [-0.4, -0.2) is 33.4 Å². The van der Waals surface area contributed by atoms with Gasteiger partial charge in [0, 0.05) is 25.2 Å². The lowest BCUT2D eigenvalue weighted by molar-refractivity contribution is 0.0705. The molecular formula is C12H16ClN3OS. The molecule has 4 nitrogen and oxygen atoms in total. The van der Waals surface area contributed by atoms with Crippen LogP contribution in [0.2, 0.25) is 5.02 Å². The average molecular weight is 286 g/mol.